The lowest BCUT2D eigenvalue weighted by atomic mass is 10.2. The van der Waals surface area contributed by atoms with Gasteiger partial charge in [-0.2, -0.15) is 0 Å². The van der Waals surface area contributed by atoms with E-state index >= 15 is 0 Å². The topological polar surface area (TPSA) is 88.7 Å². The quantitative estimate of drug-likeness (QED) is 0.598. The van der Waals surface area contributed by atoms with Gasteiger partial charge in [0.15, 0.2) is 0 Å². The van der Waals surface area contributed by atoms with Gasteiger partial charge in [0.05, 0.1) is 20.3 Å². The number of carbonyl (C=O) groups excluding carboxylic acids is 2. The minimum absolute atomic E-state index is 0.0947. The summed E-state index contributed by atoms with van der Waals surface area (Å²) in [6.07, 6.45) is 0. The minimum atomic E-state index is -0.218. The zero-order chi connectivity index (χ0) is 18.8. The molecule has 0 unspecified atom stereocenters. The molecule has 26 heavy (non-hydrogen) atoms. The predicted octanol–water partition coefficient (Wildman–Crippen LogP) is 2.12. The maximum absolute atomic E-state index is 12.1. The molecule has 2 aromatic carbocycles. The van der Waals surface area contributed by atoms with Crippen molar-refractivity contribution in [3.05, 3.63) is 54.1 Å². The summed E-state index contributed by atoms with van der Waals surface area (Å²) < 4.78 is 10.0. The average molecular weight is 357 g/mol. The van der Waals surface area contributed by atoms with Crippen LogP contribution in [-0.4, -0.2) is 45.7 Å². The summed E-state index contributed by atoms with van der Waals surface area (Å²) in [4.78, 5) is 24.1. The Morgan fingerprint density at radius 3 is 2.54 bits per heavy atom. The summed E-state index contributed by atoms with van der Waals surface area (Å²) in [5.41, 5.74) is 1.81. The number of hydrogen-bond donors (Lipinski definition) is 3. The van der Waals surface area contributed by atoms with E-state index in [2.05, 4.69) is 16.0 Å². The molecule has 0 aliphatic heterocycles. The second-order valence-electron chi connectivity index (χ2n) is 5.46. The maximum Gasteiger partial charge on any atom is 0.251 e. The smallest absolute Gasteiger partial charge is 0.251 e. The molecule has 0 saturated carbocycles. The summed E-state index contributed by atoms with van der Waals surface area (Å²) in [7, 11) is 3.16. The zero-order valence-electron chi connectivity index (χ0n) is 14.9. The number of ether oxygens (including phenoxy) is 2. The molecule has 0 atom stereocenters. The lowest BCUT2D eigenvalue weighted by Crippen LogP contribution is -2.27. The lowest BCUT2D eigenvalue weighted by Gasteiger charge is -2.10. The van der Waals surface area contributed by atoms with E-state index in [1.165, 1.54) is 0 Å². The van der Waals surface area contributed by atoms with E-state index in [1.807, 2.05) is 18.2 Å². The van der Waals surface area contributed by atoms with Crippen LogP contribution in [0, 0.1) is 0 Å². The second-order valence-corrected chi connectivity index (χ2v) is 5.46. The van der Waals surface area contributed by atoms with Crippen LogP contribution in [0.4, 0.5) is 11.4 Å². The Kier molecular flexibility index (Phi) is 7.45. The van der Waals surface area contributed by atoms with Crippen molar-refractivity contribution in [2.75, 3.05) is 44.5 Å². The summed E-state index contributed by atoms with van der Waals surface area (Å²) in [5, 5.41) is 8.53. The third kappa shape index (κ3) is 6.10. The molecule has 138 valence electrons. The second kappa shape index (κ2) is 10.0. The molecular weight excluding hydrogens is 334 g/mol. The van der Waals surface area contributed by atoms with Crippen molar-refractivity contribution in [2.24, 2.45) is 0 Å². The molecule has 7 heteroatoms. The number of amides is 2. The van der Waals surface area contributed by atoms with Gasteiger partial charge in [0.2, 0.25) is 5.91 Å². The molecule has 0 aliphatic rings. The molecule has 0 fully saturated rings. The van der Waals surface area contributed by atoms with Crippen molar-refractivity contribution in [2.45, 2.75) is 0 Å². The highest BCUT2D eigenvalue weighted by Gasteiger charge is 2.08. The van der Waals surface area contributed by atoms with Crippen LogP contribution >= 0.6 is 0 Å². The highest BCUT2D eigenvalue weighted by Crippen LogP contribution is 2.16. The third-order valence-electron chi connectivity index (χ3n) is 3.52. The lowest BCUT2D eigenvalue weighted by molar-refractivity contribution is -0.114. The van der Waals surface area contributed by atoms with Gasteiger partial charge in [-0.15, -0.1) is 0 Å². The van der Waals surface area contributed by atoms with Crippen molar-refractivity contribution in [3.63, 3.8) is 0 Å². The molecule has 0 radical (unpaired) electrons. The average Bonchev–Trinajstić information content (AvgIpc) is 2.67. The van der Waals surface area contributed by atoms with E-state index < -0.39 is 0 Å². The standard InChI is InChI=1S/C19H23N3O4/c1-25-10-9-20-19(24)14-5-3-7-16(11-14)22-18(23)13-21-15-6-4-8-17(12-15)26-2/h3-8,11-12,21H,9-10,13H2,1-2H3,(H,20,24)(H,22,23). The van der Waals surface area contributed by atoms with Crippen LogP contribution in [0.25, 0.3) is 0 Å². The molecule has 0 saturated heterocycles. The van der Waals surface area contributed by atoms with Gasteiger partial charge in [0.25, 0.3) is 5.91 Å². The molecule has 2 rings (SSSR count). The highest BCUT2D eigenvalue weighted by atomic mass is 16.5. The van der Waals surface area contributed by atoms with E-state index in [4.69, 9.17) is 9.47 Å². The van der Waals surface area contributed by atoms with Crippen LogP contribution in [0.15, 0.2) is 48.5 Å². The SMILES string of the molecule is COCCNC(=O)c1cccc(NC(=O)CNc2cccc(OC)c2)c1. The Balaban J connectivity index is 1.88. The van der Waals surface area contributed by atoms with Crippen molar-refractivity contribution < 1.29 is 19.1 Å². The minimum Gasteiger partial charge on any atom is -0.497 e. The fourth-order valence-corrected chi connectivity index (χ4v) is 2.23. The van der Waals surface area contributed by atoms with Gasteiger partial charge >= 0.3 is 0 Å². The van der Waals surface area contributed by atoms with Crippen LogP contribution in [0.5, 0.6) is 5.75 Å². The number of rotatable bonds is 9. The summed E-state index contributed by atoms with van der Waals surface area (Å²) in [5.74, 6) is 0.278. The van der Waals surface area contributed by atoms with Gasteiger partial charge in [-0.3, -0.25) is 9.59 Å². The van der Waals surface area contributed by atoms with Crippen LogP contribution in [0.3, 0.4) is 0 Å². The summed E-state index contributed by atoms with van der Waals surface area (Å²) in [6.45, 7) is 0.964. The maximum atomic E-state index is 12.1. The fraction of sp³-hybridized carbons (Fsp3) is 0.263. The van der Waals surface area contributed by atoms with Gasteiger partial charge in [-0.1, -0.05) is 12.1 Å². The van der Waals surface area contributed by atoms with E-state index in [0.717, 1.165) is 5.69 Å². The van der Waals surface area contributed by atoms with Crippen molar-refractivity contribution in [3.8, 4) is 5.75 Å². The first-order valence-electron chi connectivity index (χ1n) is 8.17. The third-order valence-corrected chi connectivity index (χ3v) is 3.52. The van der Waals surface area contributed by atoms with Crippen LogP contribution in [0.1, 0.15) is 10.4 Å². The zero-order valence-corrected chi connectivity index (χ0v) is 14.9. The fourth-order valence-electron chi connectivity index (χ4n) is 2.23. The predicted molar refractivity (Wildman–Crippen MR) is 101 cm³/mol. The Labute approximate surface area is 152 Å². The molecule has 0 bridgehead atoms. The number of benzene rings is 2. The number of anilines is 2. The molecule has 3 N–H and O–H groups in total. The van der Waals surface area contributed by atoms with Crippen molar-refractivity contribution in [1.82, 2.24) is 5.32 Å². The molecular formula is C19H23N3O4. The van der Waals surface area contributed by atoms with Crippen LogP contribution < -0.4 is 20.7 Å². The molecule has 2 aromatic rings. The Bertz CT molecular complexity index is 749. The van der Waals surface area contributed by atoms with Gasteiger partial charge in [-0.05, 0) is 30.3 Å². The largest absolute Gasteiger partial charge is 0.497 e. The van der Waals surface area contributed by atoms with Crippen LogP contribution in [0.2, 0.25) is 0 Å². The summed E-state index contributed by atoms with van der Waals surface area (Å²) >= 11 is 0. The molecule has 7 nitrogen and oxygen atoms in total. The van der Waals surface area contributed by atoms with Gasteiger partial charge in [0, 0.05) is 36.7 Å². The Hall–Kier alpha value is -3.06. The van der Waals surface area contributed by atoms with Gasteiger partial charge < -0.3 is 25.4 Å². The van der Waals surface area contributed by atoms with E-state index in [1.54, 1.807) is 44.6 Å². The van der Waals surface area contributed by atoms with Crippen LogP contribution in [-0.2, 0) is 9.53 Å². The molecule has 0 spiro atoms. The van der Waals surface area contributed by atoms with E-state index in [9.17, 15) is 9.59 Å². The molecule has 0 aliphatic carbocycles. The van der Waals surface area contributed by atoms with E-state index in [-0.39, 0.29) is 18.4 Å². The van der Waals surface area contributed by atoms with Crippen molar-refractivity contribution >= 4 is 23.2 Å². The molecule has 2 amide bonds. The first kappa shape index (κ1) is 19.3. The normalized spacial score (nSPS) is 10.1. The Morgan fingerprint density at radius 1 is 1.00 bits per heavy atom. The Morgan fingerprint density at radius 2 is 1.77 bits per heavy atom. The first-order valence-corrected chi connectivity index (χ1v) is 8.17. The number of hydrogen-bond acceptors (Lipinski definition) is 5. The first-order chi connectivity index (χ1) is 12.6. The van der Waals surface area contributed by atoms with E-state index in [0.29, 0.717) is 30.2 Å². The molecule has 0 aromatic heterocycles. The monoisotopic (exact) mass is 357 g/mol. The van der Waals surface area contributed by atoms with Gasteiger partial charge in [0.1, 0.15) is 5.75 Å². The van der Waals surface area contributed by atoms with Gasteiger partial charge in [-0.25, -0.2) is 0 Å². The number of nitrogens with one attached hydrogen (secondary N) is 3. The molecule has 0 heterocycles. The number of methoxy groups -OCH3 is 2. The van der Waals surface area contributed by atoms with Crippen molar-refractivity contribution in [1.29, 1.82) is 0 Å². The highest BCUT2D eigenvalue weighted by molar-refractivity contribution is 5.98. The summed E-state index contributed by atoms with van der Waals surface area (Å²) in [6, 6.07) is 14.1. The number of carbonyl (C=O) groups is 2.